The molecule has 0 bridgehead atoms. The number of hydrogen-bond acceptors (Lipinski definition) is 6. The molecule has 1 unspecified atom stereocenters. The molecule has 0 aromatic rings. The first-order valence-electron chi connectivity index (χ1n) is 35.2. The van der Waals surface area contributed by atoms with Gasteiger partial charge in [-0.05, 0) is 122 Å². The summed E-state index contributed by atoms with van der Waals surface area (Å²) in [5.41, 5.74) is 0. The molecule has 6 nitrogen and oxygen atoms in total. The average molecular weight is 1140 g/mol. The largest absolute Gasteiger partial charge is 0.462 e. The van der Waals surface area contributed by atoms with E-state index in [-0.39, 0.29) is 31.1 Å². The lowest BCUT2D eigenvalue weighted by Crippen LogP contribution is -2.30. The fourth-order valence-corrected chi connectivity index (χ4v) is 10.0. The summed E-state index contributed by atoms with van der Waals surface area (Å²) in [7, 11) is 0. The Morgan fingerprint density at radius 3 is 0.780 bits per heavy atom. The van der Waals surface area contributed by atoms with E-state index >= 15 is 0 Å². The highest BCUT2D eigenvalue weighted by Gasteiger charge is 2.19. The molecule has 0 radical (unpaired) electrons. The van der Waals surface area contributed by atoms with Crippen LogP contribution in [0.15, 0.2) is 97.2 Å². The molecule has 0 fully saturated rings. The second-order valence-corrected chi connectivity index (χ2v) is 23.4. The first kappa shape index (κ1) is 78.3. The molecule has 0 saturated carbocycles. The van der Waals surface area contributed by atoms with Crippen molar-refractivity contribution in [1.29, 1.82) is 0 Å². The minimum absolute atomic E-state index is 0.0858. The second-order valence-electron chi connectivity index (χ2n) is 23.4. The predicted octanol–water partition coefficient (Wildman–Crippen LogP) is 24.4. The van der Waals surface area contributed by atoms with E-state index in [1.807, 2.05) is 0 Å². The number of esters is 3. The van der Waals surface area contributed by atoms with Crippen LogP contribution in [0.1, 0.15) is 348 Å². The highest BCUT2D eigenvalue weighted by molar-refractivity contribution is 5.71. The molecule has 0 heterocycles. The normalized spacial score (nSPS) is 12.7. The molecular weight excluding hydrogens is 1010 g/mol. The maximum absolute atomic E-state index is 12.9. The summed E-state index contributed by atoms with van der Waals surface area (Å²) >= 11 is 0. The van der Waals surface area contributed by atoms with Gasteiger partial charge >= 0.3 is 17.9 Å². The maximum atomic E-state index is 12.9. The Bertz CT molecular complexity index is 1590. The third kappa shape index (κ3) is 67.1. The van der Waals surface area contributed by atoms with Gasteiger partial charge in [0.15, 0.2) is 6.10 Å². The van der Waals surface area contributed by atoms with Crippen molar-refractivity contribution < 1.29 is 28.6 Å². The Morgan fingerprint density at radius 2 is 0.476 bits per heavy atom. The van der Waals surface area contributed by atoms with Crippen molar-refractivity contribution in [3.8, 4) is 0 Å². The van der Waals surface area contributed by atoms with Crippen LogP contribution in [0.3, 0.4) is 0 Å². The first-order chi connectivity index (χ1) is 40.5. The SMILES string of the molecule is CC/C=C\C/C=C\C/C=C\C/C=C\C/C=C\CCCCCCCC(=O)OC(COC(=O)CCCCCCC/C=C\CCCCC)COC(=O)CCCCCCCCCCCCCCCCCCCCC/C=C\C/C=C\CCCCCCC. The summed E-state index contributed by atoms with van der Waals surface area (Å²) in [5.74, 6) is -0.901. The van der Waals surface area contributed by atoms with Crippen molar-refractivity contribution in [2.75, 3.05) is 13.2 Å². The number of hydrogen-bond donors (Lipinski definition) is 0. The van der Waals surface area contributed by atoms with Crippen LogP contribution in [-0.4, -0.2) is 37.2 Å². The predicted molar refractivity (Wildman–Crippen MR) is 357 cm³/mol. The van der Waals surface area contributed by atoms with Crippen LogP contribution < -0.4 is 0 Å². The smallest absolute Gasteiger partial charge is 0.306 e. The van der Waals surface area contributed by atoms with Gasteiger partial charge in [-0.2, -0.15) is 0 Å². The number of allylic oxidation sites excluding steroid dienone is 16. The Hall–Kier alpha value is -3.67. The fourth-order valence-electron chi connectivity index (χ4n) is 10.0. The molecular formula is C76H132O6. The number of carbonyl (C=O) groups excluding carboxylic acids is 3. The van der Waals surface area contributed by atoms with Crippen LogP contribution in [0.2, 0.25) is 0 Å². The third-order valence-electron chi connectivity index (χ3n) is 15.3. The zero-order chi connectivity index (χ0) is 59.2. The number of rotatable bonds is 64. The van der Waals surface area contributed by atoms with E-state index in [0.717, 1.165) is 122 Å². The molecule has 6 heteroatoms. The maximum Gasteiger partial charge on any atom is 0.306 e. The number of ether oxygens (including phenoxy) is 3. The van der Waals surface area contributed by atoms with Crippen LogP contribution >= 0.6 is 0 Å². The molecule has 0 saturated heterocycles. The van der Waals surface area contributed by atoms with Gasteiger partial charge in [0.2, 0.25) is 0 Å². The molecule has 0 aliphatic carbocycles. The molecule has 0 rings (SSSR count). The zero-order valence-electron chi connectivity index (χ0n) is 54.2. The second kappa shape index (κ2) is 69.8. The molecule has 0 spiro atoms. The van der Waals surface area contributed by atoms with Crippen molar-refractivity contribution in [2.24, 2.45) is 0 Å². The van der Waals surface area contributed by atoms with Crippen LogP contribution in [-0.2, 0) is 28.6 Å². The molecule has 82 heavy (non-hydrogen) atoms. The summed E-state index contributed by atoms with van der Waals surface area (Å²) in [4.78, 5) is 38.4. The molecule has 0 aliphatic rings. The van der Waals surface area contributed by atoms with E-state index in [2.05, 4.69) is 118 Å². The van der Waals surface area contributed by atoms with E-state index in [4.69, 9.17) is 14.2 Å². The molecule has 0 N–H and O–H groups in total. The van der Waals surface area contributed by atoms with E-state index in [1.54, 1.807) is 0 Å². The van der Waals surface area contributed by atoms with Crippen molar-refractivity contribution in [3.63, 3.8) is 0 Å². The van der Waals surface area contributed by atoms with E-state index < -0.39 is 6.10 Å². The van der Waals surface area contributed by atoms with Gasteiger partial charge in [-0.15, -0.1) is 0 Å². The van der Waals surface area contributed by atoms with Gasteiger partial charge in [-0.3, -0.25) is 14.4 Å². The molecule has 1 atom stereocenters. The van der Waals surface area contributed by atoms with E-state index in [0.29, 0.717) is 19.3 Å². The summed E-state index contributed by atoms with van der Waals surface area (Å²) in [6.07, 6.45) is 94.4. The minimum atomic E-state index is -0.792. The van der Waals surface area contributed by atoms with Gasteiger partial charge in [0, 0.05) is 19.3 Å². The Morgan fingerprint density at radius 1 is 0.256 bits per heavy atom. The Balaban J connectivity index is 4.22. The van der Waals surface area contributed by atoms with Crippen molar-refractivity contribution in [2.45, 2.75) is 354 Å². The average Bonchev–Trinajstić information content (AvgIpc) is 3.47. The zero-order valence-corrected chi connectivity index (χ0v) is 54.2. The fraction of sp³-hybridized carbons (Fsp3) is 0.750. The first-order valence-corrected chi connectivity index (χ1v) is 35.2. The van der Waals surface area contributed by atoms with Crippen molar-refractivity contribution in [3.05, 3.63) is 97.2 Å². The highest BCUT2D eigenvalue weighted by atomic mass is 16.6. The van der Waals surface area contributed by atoms with Gasteiger partial charge < -0.3 is 14.2 Å². The summed E-state index contributed by atoms with van der Waals surface area (Å²) < 4.78 is 16.9. The molecule has 0 aliphatic heterocycles. The Kier molecular flexibility index (Phi) is 66.7. The van der Waals surface area contributed by atoms with Crippen molar-refractivity contribution >= 4 is 17.9 Å². The number of unbranched alkanes of at least 4 members (excludes halogenated alkanes) is 37. The highest BCUT2D eigenvalue weighted by Crippen LogP contribution is 2.17. The lowest BCUT2D eigenvalue weighted by molar-refractivity contribution is -0.167. The van der Waals surface area contributed by atoms with Gasteiger partial charge in [-0.1, -0.05) is 304 Å². The topological polar surface area (TPSA) is 78.9 Å². The lowest BCUT2D eigenvalue weighted by atomic mass is 10.0. The molecule has 0 aromatic heterocycles. The van der Waals surface area contributed by atoms with Crippen LogP contribution in [0.5, 0.6) is 0 Å². The van der Waals surface area contributed by atoms with Gasteiger partial charge in [0.25, 0.3) is 0 Å². The van der Waals surface area contributed by atoms with Crippen LogP contribution in [0.25, 0.3) is 0 Å². The van der Waals surface area contributed by atoms with E-state index in [1.165, 1.54) is 186 Å². The molecule has 0 amide bonds. The summed E-state index contributed by atoms with van der Waals surface area (Å²) in [6, 6.07) is 0. The van der Waals surface area contributed by atoms with Gasteiger partial charge in [-0.25, -0.2) is 0 Å². The Labute approximate surface area is 508 Å². The van der Waals surface area contributed by atoms with Crippen LogP contribution in [0.4, 0.5) is 0 Å². The standard InChI is InChI=1S/C76H132O6/c1-4-7-10-13-16-19-22-25-27-29-31-33-34-35-36-37-38-39-40-41-42-44-45-47-49-51-54-57-60-63-66-69-75(78)81-72-73(71-80-74(77)68-65-62-59-56-53-24-21-18-15-12-9-6-3)82-76(79)70-67-64-61-58-55-52-50-48-46-43-32-30-28-26-23-20-17-14-11-8-5-2/h8,11,17-18,20-22,25-26,28-29,31-32,43,48,50,73H,4-7,9-10,12-16,19,23-24,27,30,33-42,44-47,49,51-72H2,1-3H3/b11-8-,20-17-,21-18-,25-22-,28-26-,31-29-,43-32-,50-48-. The number of carbonyl (C=O) groups is 3. The minimum Gasteiger partial charge on any atom is -0.462 e. The summed E-state index contributed by atoms with van der Waals surface area (Å²) in [5, 5.41) is 0. The third-order valence-corrected chi connectivity index (χ3v) is 15.3. The quantitative estimate of drug-likeness (QED) is 0.0261. The molecule has 472 valence electrons. The van der Waals surface area contributed by atoms with Gasteiger partial charge in [0.05, 0.1) is 0 Å². The van der Waals surface area contributed by atoms with E-state index in [9.17, 15) is 14.4 Å². The monoisotopic (exact) mass is 1140 g/mol. The van der Waals surface area contributed by atoms with Gasteiger partial charge in [0.1, 0.15) is 13.2 Å². The summed E-state index contributed by atoms with van der Waals surface area (Å²) in [6.45, 7) is 6.50. The van der Waals surface area contributed by atoms with Crippen LogP contribution in [0, 0.1) is 0 Å². The molecule has 0 aromatic carbocycles. The lowest BCUT2D eigenvalue weighted by Gasteiger charge is -2.18. The van der Waals surface area contributed by atoms with Crippen molar-refractivity contribution in [1.82, 2.24) is 0 Å².